The maximum atomic E-state index is 13.1. The molecule has 1 N–H and O–H groups in total. The van der Waals surface area contributed by atoms with E-state index in [1.165, 1.54) is 18.2 Å². The number of rotatable bonds is 6. The predicted octanol–water partition coefficient (Wildman–Crippen LogP) is 6.59. The number of aryl methyl sites for hydroxylation is 1. The van der Waals surface area contributed by atoms with Crippen molar-refractivity contribution >= 4 is 45.6 Å². The summed E-state index contributed by atoms with van der Waals surface area (Å²) in [4.78, 5) is 29.7. The molecule has 0 spiro atoms. The van der Waals surface area contributed by atoms with Crippen molar-refractivity contribution in [2.24, 2.45) is 0 Å². The van der Waals surface area contributed by atoms with E-state index in [-0.39, 0.29) is 16.4 Å². The minimum atomic E-state index is -0.589. The van der Waals surface area contributed by atoms with Crippen LogP contribution in [-0.2, 0) is 6.42 Å². The Morgan fingerprint density at radius 2 is 1.84 bits per heavy atom. The molecule has 1 aromatic heterocycles. The number of hydrogen-bond donors (Lipinski definition) is 1. The van der Waals surface area contributed by atoms with Gasteiger partial charge in [-0.3, -0.25) is 20.0 Å². The van der Waals surface area contributed by atoms with Gasteiger partial charge >= 0.3 is 6.03 Å². The van der Waals surface area contributed by atoms with Crippen LogP contribution in [0, 0.1) is 10.1 Å². The molecule has 0 saturated heterocycles. The van der Waals surface area contributed by atoms with Crippen LogP contribution in [0.2, 0.25) is 5.02 Å². The van der Waals surface area contributed by atoms with Crippen LogP contribution in [0.4, 0.5) is 21.9 Å². The number of aromatic nitrogens is 1. The Kier molecular flexibility index (Phi) is 6.89. The van der Waals surface area contributed by atoms with Crippen LogP contribution >= 0.6 is 11.6 Å². The van der Waals surface area contributed by atoms with Crippen LogP contribution in [0.25, 0.3) is 10.9 Å². The molecule has 10 nitrogen and oxygen atoms in total. The Bertz CT molecular complexity index is 1560. The van der Waals surface area contributed by atoms with Crippen LogP contribution in [0.1, 0.15) is 12.0 Å². The number of anilines is 2. The van der Waals surface area contributed by atoms with E-state index in [0.717, 1.165) is 29.5 Å². The highest BCUT2D eigenvalue weighted by atomic mass is 35.5. The summed E-state index contributed by atoms with van der Waals surface area (Å²) in [5, 5.41) is 14.7. The Hall–Kier alpha value is -4.57. The Balaban J connectivity index is 1.39. The third kappa shape index (κ3) is 4.85. The van der Waals surface area contributed by atoms with Gasteiger partial charge in [-0.2, -0.15) is 0 Å². The number of urea groups is 1. The quantitative estimate of drug-likeness (QED) is 0.219. The molecule has 2 heterocycles. The molecule has 0 atom stereocenters. The molecule has 1 aliphatic rings. The molecule has 38 heavy (non-hydrogen) atoms. The van der Waals surface area contributed by atoms with Gasteiger partial charge in [0.1, 0.15) is 16.5 Å². The molecular weight excluding hydrogens is 512 g/mol. The number of hydrogen-bond acceptors (Lipinski definition) is 7. The summed E-state index contributed by atoms with van der Waals surface area (Å²) in [6, 6.07) is 14.7. The van der Waals surface area contributed by atoms with Crippen molar-refractivity contribution in [1.82, 2.24) is 4.98 Å². The highest BCUT2D eigenvalue weighted by Gasteiger charge is 2.24. The number of amides is 2. The normalized spacial score (nSPS) is 12.6. The van der Waals surface area contributed by atoms with E-state index < -0.39 is 11.0 Å². The smallest absolute Gasteiger partial charge is 0.326 e. The lowest BCUT2D eigenvalue weighted by atomic mass is 10.0. The summed E-state index contributed by atoms with van der Waals surface area (Å²) < 4.78 is 17.0. The summed E-state index contributed by atoms with van der Waals surface area (Å²) in [5.74, 6) is 2.35. The van der Waals surface area contributed by atoms with Gasteiger partial charge in [0.15, 0.2) is 11.5 Å². The van der Waals surface area contributed by atoms with Crippen LogP contribution in [0.3, 0.4) is 0 Å². The molecule has 11 heteroatoms. The molecule has 0 bridgehead atoms. The van der Waals surface area contributed by atoms with Crippen molar-refractivity contribution in [3.8, 4) is 23.0 Å². The van der Waals surface area contributed by atoms with E-state index in [0.29, 0.717) is 35.1 Å². The predicted molar refractivity (Wildman–Crippen MR) is 144 cm³/mol. The third-order valence-electron chi connectivity index (χ3n) is 6.24. The number of halogens is 1. The largest absolute Gasteiger partial charge is 0.493 e. The number of fused-ring (bicyclic) bond motifs is 2. The first-order chi connectivity index (χ1) is 18.4. The van der Waals surface area contributed by atoms with Crippen LogP contribution in [0.5, 0.6) is 23.0 Å². The second-order valence-corrected chi connectivity index (χ2v) is 8.94. The highest BCUT2D eigenvalue weighted by molar-refractivity contribution is 6.32. The lowest BCUT2D eigenvalue weighted by molar-refractivity contribution is -0.384. The van der Waals surface area contributed by atoms with Gasteiger partial charge in [-0.05, 0) is 60.9 Å². The third-order valence-corrected chi connectivity index (χ3v) is 6.56. The highest BCUT2D eigenvalue weighted by Crippen LogP contribution is 2.38. The lowest BCUT2D eigenvalue weighted by Crippen LogP contribution is -2.38. The van der Waals surface area contributed by atoms with Crippen molar-refractivity contribution in [2.45, 2.75) is 12.8 Å². The van der Waals surface area contributed by atoms with Crippen molar-refractivity contribution in [3.05, 3.63) is 81.5 Å². The van der Waals surface area contributed by atoms with Crippen molar-refractivity contribution < 1.29 is 23.9 Å². The van der Waals surface area contributed by atoms with Crippen molar-refractivity contribution in [2.75, 3.05) is 31.0 Å². The Morgan fingerprint density at radius 1 is 1.05 bits per heavy atom. The fraction of sp³-hybridized carbons (Fsp3) is 0.185. The van der Waals surface area contributed by atoms with E-state index in [2.05, 4.69) is 10.3 Å². The van der Waals surface area contributed by atoms with Gasteiger partial charge in [-0.25, -0.2) is 4.79 Å². The van der Waals surface area contributed by atoms with Gasteiger partial charge in [0.25, 0.3) is 5.69 Å². The van der Waals surface area contributed by atoms with Gasteiger partial charge < -0.3 is 19.5 Å². The van der Waals surface area contributed by atoms with Crippen molar-refractivity contribution in [3.63, 3.8) is 0 Å². The van der Waals surface area contributed by atoms with Gasteiger partial charge in [0.2, 0.25) is 0 Å². The van der Waals surface area contributed by atoms with Crippen molar-refractivity contribution in [1.29, 1.82) is 0 Å². The number of carbonyl (C=O) groups excluding carboxylic acids is 1. The minimum absolute atomic E-state index is 0.00315. The second-order valence-electron chi connectivity index (χ2n) is 8.53. The Morgan fingerprint density at radius 3 is 2.61 bits per heavy atom. The van der Waals surface area contributed by atoms with E-state index in [4.69, 9.17) is 25.8 Å². The average molecular weight is 535 g/mol. The monoisotopic (exact) mass is 534 g/mol. The summed E-state index contributed by atoms with van der Waals surface area (Å²) in [7, 11) is 3.14. The zero-order valence-electron chi connectivity index (χ0n) is 20.6. The zero-order chi connectivity index (χ0) is 26.8. The molecule has 0 saturated carbocycles. The first-order valence-corrected chi connectivity index (χ1v) is 12.1. The molecule has 3 aromatic carbocycles. The number of methoxy groups -OCH3 is 2. The Labute approximate surface area is 222 Å². The van der Waals surface area contributed by atoms with Gasteiger partial charge in [-0.1, -0.05) is 11.6 Å². The number of nitrogens with zero attached hydrogens (tertiary/aromatic N) is 3. The number of nitro groups is 1. The van der Waals surface area contributed by atoms with Gasteiger partial charge in [-0.15, -0.1) is 0 Å². The number of carbonyl (C=O) groups is 1. The average Bonchev–Trinajstić information content (AvgIpc) is 2.92. The number of ether oxygens (including phenoxy) is 3. The summed E-state index contributed by atoms with van der Waals surface area (Å²) in [6.07, 6.45) is 3.18. The molecular formula is C27H23ClN4O6. The molecule has 0 aliphatic carbocycles. The van der Waals surface area contributed by atoms with E-state index in [9.17, 15) is 14.9 Å². The van der Waals surface area contributed by atoms with Crippen LogP contribution in [0.15, 0.2) is 60.8 Å². The molecule has 1 aliphatic heterocycles. The fourth-order valence-electron chi connectivity index (χ4n) is 4.43. The molecule has 5 rings (SSSR count). The fourth-order valence-corrected chi connectivity index (χ4v) is 4.62. The first kappa shape index (κ1) is 25.1. The summed E-state index contributed by atoms with van der Waals surface area (Å²) >= 11 is 5.89. The first-order valence-electron chi connectivity index (χ1n) is 11.7. The topological polar surface area (TPSA) is 116 Å². The van der Waals surface area contributed by atoms with Crippen LogP contribution in [-0.4, -0.2) is 36.7 Å². The molecule has 0 radical (unpaired) electrons. The van der Waals surface area contributed by atoms with E-state index in [1.54, 1.807) is 43.5 Å². The number of pyridine rings is 1. The number of nitro benzene ring substituents is 1. The second kappa shape index (κ2) is 10.4. The SMILES string of the molecule is COc1cc2nccc(Oc3ccc4c(c3)CCCN4C(=O)Nc3ccc(Cl)c([N+](=O)[O-])c3)c2cc1OC. The minimum Gasteiger partial charge on any atom is -0.493 e. The lowest BCUT2D eigenvalue weighted by Gasteiger charge is -2.30. The number of benzene rings is 3. The molecule has 194 valence electrons. The van der Waals surface area contributed by atoms with Crippen LogP contribution < -0.4 is 24.4 Å². The summed E-state index contributed by atoms with van der Waals surface area (Å²) in [6.45, 7) is 0.505. The van der Waals surface area contributed by atoms with Gasteiger partial charge in [0.05, 0.1) is 24.7 Å². The standard InChI is InChI=1S/C27H23ClN4O6/c1-36-25-14-19-21(15-26(25)37-2)29-10-9-24(19)38-18-6-8-22-16(12-18)4-3-11-31(22)27(33)30-17-5-7-20(28)23(13-17)32(34)35/h5-10,12-15H,3-4,11H2,1-2H3,(H,30,33). The molecule has 0 unspecified atom stereocenters. The molecule has 0 fully saturated rings. The zero-order valence-corrected chi connectivity index (χ0v) is 21.3. The van der Waals surface area contributed by atoms with E-state index >= 15 is 0 Å². The van der Waals surface area contributed by atoms with Gasteiger partial charge in [0, 0.05) is 41.6 Å². The van der Waals surface area contributed by atoms with E-state index in [1.807, 2.05) is 18.2 Å². The number of nitrogens with one attached hydrogen (secondary N) is 1. The maximum Gasteiger partial charge on any atom is 0.326 e. The summed E-state index contributed by atoms with van der Waals surface area (Å²) in [5.41, 5.74) is 2.40. The maximum absolute atomic E-state index is 13.1. The molecule has 2 amide bonds. The molecule has 4 aromatic rings.